The zero-order valence-corrected chi connectivity index (χ0v) is 51.6. The number of anilines is 6. The van der Waals surface area contributed by atoms with E-state index in [0.717, 1.165) is 33.8 Å². The summed E-state index contributed by atoms with van der Waals surface area (Å²) in [5.41, 5.74) is 4.98. The number of phosphoric ester groups is 1. The minimum Gasteiger partial charge on any atom is -0.484 e. The second-order valence-electron chi connectivity index (χ2n) is 24.4. The van der Waals surface area contributed by atoms with E-state index < -0.39 is 24.6 Å². The summed E-state index contributed by atoms with van der Waals surface area (Å²) < 4.78 is 77.4. The van der Waals surface area contributed by atoms with Crippen molar-refractivity contribution in [3.8, 4) is 17.2 Å². The molecule has 12 heterocycles. The van der Waals surface area contributed by atoms with Crippen LogP contribution in [0.3, 0.4) is 0 Å². The molecule has 28 nitrogen and oxygen atoms in total. The minimum absolute atomic E-state index is 0.264. The van der Waals surface area contributed by atoms with Crippen molar-refractivity contribution in [3.63, 3.8) is 0 Å². The quantitative estimate of drug-likeness (QED) is 0.0751. The number of hydrogen-bond donors (Lipinski definition) is 3. The van der Waals surface area contributed by atoms with Crippen molar-refractivity contribution >= 4 is 76.6 Å². The number of benzene rings is 3. The second kappa shape index (κ2) is 23.8. The summed E-state index contributed by atoms with van der Waals surface area (Å²) in [6, 6.07) is 16.6. The van der Waals surface area contributed by atoms with E-state index in [9.17, 15) is 14.4 Å². The Labute approximate surface area is 526 Å². The molecule has 92 heavy (non-hydrogen) atoms. The molecule has 0 saturated carbocycles. The molecule has 29 heteroatoms. The number of hydrogen-bond acceptors (Lipinski definition) is 22. The first-order valence-corrected chi connectivity index (χ1v) is 32.0. The van der Waals surface area contributed by atoms with Gasteiger partial charge < -0.3 is 59.1 Å². The summed E-state index contributed by atoms with van der Waals surface area (Å²) in [5.74, 6) is 0.521. The molecule has 3 atom stereocenters. The predicted octanol–water partition coefficient (Wildman–Crippen LogP) is 6.72. The Morgan fingerprint density at radius 2 is 0.761 bits per heavy atom. The lowest BCUT2D eigenvalue weighted by molar-refractivity contribution is -0.0163. The average molecular weight is 1270 g/mol. The monoisotopic (exact) mass is 1270 g/mol. The first-order chi connectivity index (χ1) is 44.6. The van der Waals surface area contributed by atoms with Crippen LogP contribution in [0.1, 0.15) is 68.5 Å². The van der Waals surface area contributed by atoms with E-state index in [2.05, 4.69) is 60.9 Å². The van der Waals surface area contributed by atoms with Crippen LogP contribution < -0.4 is 44.9 Å². The van der Waals surface area contributed by atoms with Crippen molar-refractivity contribution < 1.29 is 60.9 Å². The lowest BCUT2D eigenvalue weighted by Gasteiger charge is -2.32. The van der Waals surface area contributed by atoms with Gasteiger partial charge in [0.15, 0.2) is 16.9 Å². The highest BCUT2D eigenvalue weighted by atomic mass is 31.2. The van der Waals surface area contributed by atoms with Gasteiger partial charge in [-0.2, -0.15) is 15.3 Å². The maximum atomic E-state index is 15.8. The molecule has 3 N–H and O–H groups in total. The third-order valence-electron chi connectivity index (χ3n) is 17.3. The van der Waals surface area contributed by atoms with Crippen LogP contribution >= 0.6 is 7.82 Å². The standard InChI is InChI=1S/C63H66N15O13P/c1-61(31-40-25-46(49(28-52(40)89-61)73-13-19-83-20-14-73)70-58(79)43-34-67-76-10-4-7-64-55(43)76)37-86-92(82,87-38-62(2)32-41-26-47(50(29-53(41)90-62)74-15-21-84-22-16-74)71-59(80)44-35-68-77-11-5-8-65-56(44)77)88-39-63(3)33-42-27-48(51(30-54(42)91-63)75-17-23-85-24-18-75)72-60(81)45-36-69-78-12-6-9-66-57(45)78/h4-12,25-30,34-36H,13-24,31-33,37-39H2,1-3H3,(H,70,79)(H,71,80)(H,72,81). The van der Waals surface area contributed by atoms with Crippen molar-refractivity contribution in [2.24, 2.45) is 0 Å². The Morgan fingerprint density at radius 1 is 0.467 bits per heavy atom. The topological polar surface area (TPSA) is 288 Å². The SMILES string of the molecule is CC1(COP(=O)(OCC2(C)Cc3cc(NC(=O)c4cnn5cccnc45)c(N4CCOCC4)cc3O2)OCC2(C)Cc3cc(NC(=O)c4cnn5cccnc45)c(N4CCOCC4)cc3O2)Cc2cc(NC(=O)c3cnn4cccnc34)c(N3CCOCC3)cc2O1. The number of nitrogens with one attached hydrogen (secondary N) is 3. The van der Waals surface area contributed by atoms with Crippen LogP contribution in [0.15, 0.2) is 110 Å². The molecule has 476 valence electrons. The number of rotatable bonds is 18. The summed E-state index contributed by atoms with van der Waals surface area (Å²) in [5, 5.41) is 22.4. The zero-order chi connectivity index (χ0) is 62.8. The van der Waals surface area contributed by atoms with Gasteiger partial charge in [0, 0.05) is 131 Å². The van der Waals surface area contributed by atoms with Gasteiger partial charge in [0.1, 0.15) is 50.7 Å². The molecule has 6 aromatic heterocycles. The van der Waals surface area contributed by atoms with Gasteiger partial charge in [0.2, 0.25) is 0 Å². The highest BCUT2D eigenvalue weighted by Gasteiger charge is 2.46. The number of phosphoric acid groups is 1. The Balaban J connectivity index is 0.703. The van der Waals surface area contributed by atoms with Crippen LogP contribution in [-0.2, 0) is 51.6 Å². The molecule has 3 amide bonds. The van der Waals surface area contributed by atoms with Gasteiger partial charge in [-0.25, -0.2) is 33.1 Å². The molecule has 3 saturated heterocycles. The molecule has 3 fully saturated rings. The second-order valence-corrected chi connectivity index (χ2v) is 26.1. The average Bonchev–Trinajstić information content (AvgIpc) is 1.61. The first kappa shape index (κ1) is 59.1. The van der Waals surface area contributed by atoms with Gasteiger partial charge in [-0.1, -0.05) is 0 Å². The number of morpholine rings is 3. The molecule has 0 spiro atoms. The number of aromatic nitrogens is 9. The fraction of sp³-hybridized carbons (Fsp3) is 0.381. The number of fused-ring (bicyclic) bond motifs is 6. The molecule has 3 aromatic carbocycles. The highest BCUT2D eigenvalue weighted by molar-refractivity contribution is 7.48. The summed E-state index contributed by atoms with van der Waals surface area (Å²) in [6.45, 7) is 11.2. The van der Waals surface area contributed by atoms with Gasteiger partial charge in [0.25, 0.3) is 17.7 Å². The third-order valence-corrected chi connectivity index (χ3v) is 18.6. The van der Waals surface area contributed by atoms with Gasteiger partial charge in [-0.3, -0.25) is 28.0 Å². The third kappa shape index (κ3) is 11.7. The van der Waals surface area contributed by atoms with Crippen LogP contribution in [0.4, 0.5) is 34.1 Å². The van der Waals surface area contributed by atoms with Crippen LogP contribution in [0.5, 0.6) is 17.2 Å². The van der Waals surface area contributed by atoms with Crippen LogP contribution in [0, 0.1) is 0 Å². The Morgan fingerprint density at radius 3 is 1.05 bits per heavy atom. The fourth-order valence-electron chi connectivity index (χ4n) is 12.7. The minimum atomic E-state index is -4.63. The predicted molar refractivity (Wildman–Crippen MR) is 335 cm³/mol. The summed E-state index contributed by atoms with van der Waals surface area (Å²) in [7, 11) is -4.63. The number of amides is 3. The molecular formula is C63H66N15O13P. The Bertz CT molecular complexity index is 3970. The van der Waals surface area contributed by atoms with E-state index >= 15 is 4.57 Å². The molecule has 0 radical (unpaired) electrons. The first-order valence-electron chi connectivity index (χ1n) is 30.5. The molecular weight excluding hydrogens is 1210 g/mol. The van der Waals surface area contributed by atoms with Gasteiger partial charge in [-0.15, -0.1) is 0 Å². The largest absolute Gasteiger partial charge is 0.484 e. The van der Waals surface area contributed by atoms with Gasteiger partial charge in [-0.05, 0) is 57.2 Å². The van der Waals surface area contributed by atoms with Crippen molar-refractivity contribution in [1.29, 1.82) is 0 Å². The fourth-order valence-corrected chi connectivity index (χ4v) is 14.2. The van der Waals surface area contributed by atoms with Crippen LogP contribution in [0.25, 0.3) is 16.9 Å². The maximum absolute atomic E-state index is 15.8. The molecule has 9 aromatic rings. The number of carbonyl (C=O) groups excluding carboxylic acids is 3. The van der Waals surface area contributed by atoms with Crippen molar-refractivity contribution in [1.82, 2.24) is 43.8 Å². The van der Waals surface area contributed by atoms with Gasteiger partial charge >= 0.3 is 7.82 Å². The summed E-state index contributed by atoms with van der Waals surface area (Å²) >= 11 is 0. The van der Waals surface area contributed by atoms with Crippen molar-refractivity contribution in [2.75, 3.05) is 129 Å². The number of ether oxygens (including phenoxy) is 6. The van der Waals surface area contributed by atoms with Crippen LogP contribution in [0.2, 0.25) is 0 Å². The molecule has 0 bridgehead atoms. The summed E-state index contributed by atoms with van der Waals surface area (Å²) in [4.78, 5) is 61.7. The maximum Gasteiger partial charge on any atom is 0.475 e. The normalized spacial score (nSPS) is 21.7. The van der Waals surface area contributed by atoms with Gasteiger partial charge in [0.05, 0.1) is 112 Å². The molecule has 6 aliphatic heterocycles. The lowest BCUT2D eigenvalue weighted by Crippen LogP contribution is -2.39. The van der Waals surface area contributed by atoms with E-state index in [1.54, 1.807) is 68.9 Å². The van der Waals surface area contributed by atoms with Crippen LogP contribution in [-0.4, -0.2) is 177 Å². The van der Waals surface area contributed by atoms with Crippen molar-refractivity contribution in [2.45, 2.75) is 56.8 Å². The molecule has 3 unspecified atom stereocenters. The zero-order valence-electron chi connectivity index (χ0n) is 50.7. The van der Waals surface area contributed by atoms with E-state index in [1.165, 1.54) is 18.6 Å². The molecule has 15 rings (SSSR count). The summed E-state index contributed by atoms with van der Waals surface area (Å²) in [6.07, 6.45) is 15.3. The van der Waals surface area contributed by atoms with Crippen molar-refractivity contribution in [3.05, 3.63) is 144 Å². The smallest absolute Gasteiger partial charge is 0.475 e. The molecule has 6 aliphatic rings. The number of nitrogens with zero attached hydrogens (tertiary/aromatic N) is 12. The van der Waals surface area contributed by atoms with E-state index in [-0.39, 0.29) is 56.8 Å². The Hall–Kier alpha value is -9.28. The van der Waals surface area contributed by atoms with E-state index in [0.29, 0.717) is 147 Å². The van der Waals surface area contributed by atoms with E-state index in [4.69, 9.17) is 42.0 Å². The highest BCUT2D eigenvalue weighted by Crippen LogP contribution is 2.55. The molecule has 0 aliphatic carbocycles. The number of carbonyl (C=O) groups is 3. The van der Waals surface area contributed by atoms with E-state index in [1.807, 2.05) is 57.2 Å². The Kier molecular flexibility index (Phi) is 15.2. The lowest BCUT2D eigenvalue weighted by atomic mass is 9.99.